The van der Waals surface area contributed by atoms with E-state index in [-0.39, 0.29) is 10.8 Å². The molecule has 4 N–H and O–H groups in total. The Morgan fingerprint density at radius 3 is 2.64 bits per heavy atom. The van der Waals surface area contributed by atoms with Crippen molar-refractivity contribution in [1.29, 1.82) is 0 Å². The minimum absolute atomic E-state index is 0.0298. The Balaban J connectivity index is 2.13. The second-order valence-electron chi connectivity index (χ2n) is 5.36. The van der Waals surface area contributed by atoms with Gasteiger partial charge >= 0.3 is 10.4 Å². The summed E-state index contributed by atoms with van der Waals surface area (Å²) in [5, 5.41) is 16.4. The molecule has 1 unspecified atom stereocenters. The first-order valence-electron chi connectivity index (χ1n) is 6.62. The van der Waals surface area contributed by atoms with Crippen LogP contribution in [0.1, 0.15) is 19.5 Å². The molecule has 1 aromatic rings. The van der Waals surface area contributed by atoms with Gasteiger partial charge in [0.2, 0.25) is 0 Å². The van der Waals surface area contributed by atoms with Crippen molar-refractivity contribution >= 4 is 44.4 Å². The topological polar surface area (TPSA) is 174 Å². The van der Waals surface area contributed by atoms with Crippen LogP contribution in [0.2, 0.25) is 0 Å². The van der Waals surface area contributed by atoms with E-state index in [9.17, 15) is 18.0 Å². The van der Waals surface area contributed by atoms with Crippen LogP contribution in [0.25, 0.3) is 0 Å². The summed E-state index contributed by atoms with van der Waals surface area (Å²) in [6.07, 6.45) is 0. The van der Waals surface area contributed by atoms with E-state index >= 15 is 0 Å². The number of nitrogen functional groups attached to an aromatic ring is 1. The first-order valence-corrected chi connectivity index (χ1v) is 8.83. The van der Waals surface area contributed by atoms with Gasteiger partial charge in [-0.05, 0) is 13.8 Å². The van der Waals surface area contributed by atoms with E-state index in [4.69, 9.17) is 10.9 Å². The van der Waals surface area contributed by atoms with E-state index in [1.807, 2.05) is 0 Å². The number of carbonyl (C=O) groups excluding carboxylic acids is 2. The summed E-state index contributed by atoms with van der Waals surface area (Å²) < 4.78 is 31.2. The maximum absolute atomic E-state index is 12.2. The number of β-lactam (4-membered cyclic amide) rings is 1. The molecule has 0 spiro atoms. The zero-order valence-electron chi connectivity index (χ0n) is 13.3. The number of amides is 2. The number of nitrogens with zero attached hydrogens (tertiary/aromatic N) is 3. The van der Waals surface area contributed by atoms with Gasteiger partial charge in [0.15, 0.2) is 10.8 Å². The molecule has 0 bridgehead atoms. The molecule has 2 rings (SSSR count). The van der Waals surface area contributed by atoms with E-state index in [0.29, 0.717) is 5.06 Å². The van der Waals surface area contributed by atoms with Gasteiger partial charge in [0, 0.05) is 5.38 Å². The van der Waals surface area contributed by atoms with E-state index in [0.717, 1.165) is 18.4 Å². The van der Waals surface area contributed by atoms with Gasteiger partial charge in [-0.2, -0.15) is 13.5 Å². The third kappa shape index (κ3) is 3.55. The quantitative estimate of drug-likeness (QED) is 0.233. The Hall–Kier alpha value is -2.29. The maximum atomic E-state index is 12.2. The highest BCUT2D eigenvalue weighted by Crippen LogP contribution is 2.33. The molecule has 0 radical (unpaired) electrons. The maximum Gasteiger partial charge on any atom is 0.420 e. The Kier molecular flexibility index (Phi) is 4.99. The molecule has 14 heteroatoms. The first-order chi connectivity index (χ1) is 11.5. The van der Waals surface area contributed by atoms with Gasteiger partial charge in [-0.3, -0.25) is 13.8 Å². The molecule has 12 nitrogen and oxygen atoms in total. The average molecular weight is 393 g/mol. The largest absolute Gasteiger partial charge is 0.420 e. The SMILES string of the molecule is COS(=O)(=O)ON1C(=O)C(NC(=O)/C(=N\O)c2csc(N)n2)C1(C)C. The molecular formula is C11H15N5O7S2. The van der Waals surface area contributed by atoms with Crippen molar-refractivity contribution in [2.24, 2.45) is 5.16 Å². The number of aromatic nitrogens is 1. The van der Waals surface area contributed by atoms with E-state index in [2.05, 4.69) is 23.9 Å². The number of hydroxylamine groups is 2. The molecule has 138 valence electrons. The van der Waals surface area contributed by atoms with E-state index < -0.39 is 39.5 Å². The lowest BCUT2D eigenvalue weighted by atomic mass is 9.84. The molecule has 0 aliphatic carbocycles. The summed E-state index contributed by atoms with van der Waals surface area (Å²) in [4.78, 5) is 28.1. The molecule has 2 amide bonds. The van der Waals surface area contributed by atoms with Crippen LogP contribution < -0.4 is 11.1 Å². The van der Waals surface area contributed by atoms with Crippen molar-refractivity contribution in [1.82, 2.24) is 15.4 Å². The Bertz CT molecular complexity index is 832. The second-order valence-corrected chi connectivity index (χ2v) is 7.55. The summed E-state index contributed by atoms with van der Waals surface area (Å²) in [5.74, 6) is -1.72. The van der Waals surface area contributed by atoms with Gasteiger partial charge in [0.25, 0.3) is 11.8 Å². The molecule has 1 aliphatic rings. The molecule has 25 heavy (non-hydrogen) atoms. The van der Waals surface area contributed by atoms with Crippen LogP contribution in [0.5, 0.6) is 0 Å². The monoisotopic (exact) mass is 393 g/mol. The van der Waals surface area contributed by atoms with Crippen molar-refractivity contribution in [3.63, 3.8) is 0 Å². The minimum atomic E-state index is -4.39. The fourth-order valence-corrected chi connectivity index (χ4v) is 3.11. The standard InChI is InChI=1S/C11H15N5O7S2/c1-11(2)7(9(18)16(11)23-25(20,21)22-3)14-8(17)6(15-19)5-4-24-10(12)13-5/h4,7,19H,1-3H3,(H2,12,13)(H,14,17)/b15-6-. The van der Waals surface area contributed by atoms with Crippen LogP contribution >= 0.6 is 11.3 Å². The van der Waals surface area contributed by atoms with Crippen molar-refractivity contribution in [3.05, 3.63) is 11.1 Å². The van der Waals surface area contributed by atoms with Crippen molar-refractivity contribution in [2.45, 2.75) is 25.4 Å². The van der Waals surface area contributed by atoms with Crippen molar-refractivity contribution < 1.29 is 31.7 Å². The normalized spacial score (nSPS) is 20.3. The molecule has 1 aliphatic heterocycles. The van der Waals surface area contributed by atoms with Crippen LogP contribution in [-0.2, 0) is 28.5 Å². The Morgan fingerprint density at radius 1 is 1.56 bits per heavy atom. The number of nitrogens with one attached hydrogen (secondary N) is 1. The summed E-state index contributed by atoms with van der Waals surface area (Å²) >= 11 is 1.03. The fourth-order valence-electron chi connectivity index (χ4n) is 2.06. The van der Waals surface area contributed by atoms with Crippen LogP contribution in [0.3, 0.4) is 0 Å². The van der Waals surface area contributed by atoms with Crippen LogP contribution in [-0.4, -0.2) is 59.9 Å². The highest BCUT2D eigenvalue weighted by Gasteiger charge is 2.58. The van der Waals surface area contributed by atoms with E-state index in [1.54, 1.807) is 0 Å². The summed E-state index contributed by atoms with van der Waals surface area (Å²) in [5.41, 5.74) is 3.84. The van der Waals surface area contributed by atoms with Gasteiger partial charge in [0.05, 0.1) is 12.6 Å². The van der Waals surface area contributed by atoms with E-state index in [1.165, 1.54) is 19.2 Å². The zero-order valence-corrected chi connectivity index (χ0v) is 14.9. The Labute approximate surface area is 146 Å². The van der Waals surface area contributed by atoms with Crippen molar-refractivity contribution in [2.75, 3.05) is 12.8 Å². The summed E-state index contributed by atoms with van der Waals surface area (Å²) in [6, 6.07) is -1.13. The molecule has 2 heterocycles. The number of carbonyl (C=O) groups is 2. The lowest BCUT2D eigenvalue weighted by Gasteiger charge is -2.50. The number of anilines is 1. The number of hydrogen-bond acceptors (Lipinski definition) is 11. The number of oxime groups is 1. The number of rotatable bonds is 6. The minimum Gasteiger partial charge on any atom is -0.410 e. The van der Waals surface area contributed by atoms with Gasteiger partial charge in [-0.1, -0.05) is 5.16 Å². The van der Waals surface area contributed by atoms with Crippen LogP contribution in [0.15, 0.2) is 10.5 Å². The Morgan fingerprint density at radius 2 is 2.20 bits per heavy atom. The fraction of sp³-hybridized carbons (Fsp3) is 0.455. The number of nitrogens with two attached hydrogens (primary N) is 1. The lowest BCUT2D eigenvalue weighted by Crippen LogP contribution is -2.76. The summed E-state index contributed by atoms with van der Waals surface area (Å²) in [7, 11) is -3.52. The predicted octanol–water partition coefficient (Wildman–Crippen LogP) is -1.17. The number of hydrogen-bond donors (Lipinski definition) is 3. The molecule has 1 saturated heterocycles. The molecule has 1 atom stereocenters. The first kappa shape index (κ1) is 19.0. The second kappa shape index (κ2) is 6.55. The smallest absolute Gasteiger partial charge is 0.410 e. The third-order valence-electron chi connectivity index (χ3n) is 3.40. The lowest BCUT2D eigenvalue weighted by molar-refractivity contribution is -0.218. The number of thiazole rings is 1. The zero-order chi connectivity index (χ0) is 19.0. The molecular weight excluding hydrogens is 378 g/mol. The average Bonchev–Trinajstić information content (AvgIpc) is 2.97. The van der Waals surface area contributed by atoms with Crippen LogP contribution in [0, 0.1) is 0 Å². The molecule has 0 aromatic carbocycles. The summed E-state index contributed by atoms with van der Waals surface area (Å²) in [6.45, 7) is 2.92. The molecule has 0 saturated carbocycles. The van der Waals surface area contributed by atoms with Crippen molar-refractivity contribution in [3.8, 4) is 0 Å². The molecule has 1 fully saturated rings. The van der Waals surface area contributed by atoms with Gasteiger partial charge in [-0.15, -0.1) is 15.6 Å². The predicted molar refractivity (Wildman–Crippen MR) is 84.7 cm³/mol. The van der Waals surface area contributed by atoms with Crippen LogP contribution in [0.4, 0.5) is 5.13 Å². The highest BCUT2D eigenvalue weighted by atomic mass is 32.3. The van der Waals surface area contributed by atoms with Gasteiger partial charge in [-0.25, -0.2) is 4.98 Å². The van der Waals surface area contributed by atoms with Gasteiger partial charge in [0.1, 0.15) is 11.7 Å². The molecule has 1 aromatic heterocycles. The highest BCUT2D eigenvalue weighted by molar-refractivity contribution is 7.81. The van der Waals surface area contributed by atoms with Gasteiger partial charge < -0.3 is 16.3 Å². The third-order valence-corrected chi connectivity index (χ3v) is 4.82.